The number of para-hydroxylation sites is 1. The number of carbonyl (C=O) groups is 1. The minimum atomic E-state index is -0.366. The summed E-state index contributed by atoms with van der Waals surface area (Å²) >= 11 is 0. The summed E-state index contributed by atoms with van der Waals surface area (Å²) in [6, 6.07) is 6.15. The standard InChI is InChI=1S/C17H24N2O3/c1-2-11-4-3-5-13-14(8-9-21-16(11)13)19-17(20)15-7-6-12(10-18)22-15/h3-5,12,14-15H,2,6-10,18H2,1H3,(H,19,20)/t12-,14?,15+/m1/s1. The quantitative estimate of drug-likeness (QED) is 0.888. The van der Waals surface area contributed by atoms with Crippen LogP contribution in [-0.4, -0.2) is 31.3 Å². The van der Waals surface area contributed by atoms with Crippen molar-refractivity contribution >= 4 is 5.91 Å². The van der Waals surface area contributed by atoms with Gasteiger partial charge in [0.25, 0.3) is 0 Å². The molecule has 0 radical (unpaired) electrons. The van der Waals surface area contributed by atoms with Gasteiger partial charge in [0, 0.05) is 18.5 Å². The molecule has 1 saturated heterocycles. The normalized spacial score (nSPS) is 27.1. The molecule has 2 aliphatic rings. The van der Waals surface area contributed by atoms with E-state index >= 15 is 0 Å². The summed E-state index contributed by atoms with van der Waals surface area (Å²) in [6.45, 7) is 3.22. The van der Waals surface area contributed by atoms with Crippen LogP contribution in [0.2, 0.25) is 0 Å². The van der Waals surface area contributed by atoms with E-state index in [1.54, 1.807) is 0 Å². The molecule has 3 rings (SSSR count). The Kier molecular flexibility index (Phi) is 4.64. The minimum Gasteiger partial charge on any atom is -0.493 e. The van der Waals surface area contributed by atoms with E-state index in [4.69, 9.17) is 15.2 Å². The lowest BCUT2D eigenvalue weighted by Gasteiger charge is -2.29. The van der Waals surface area contributed by atoms with Crippen molar-refractivity contribution in [1.82, 2.24) is 5.32 Å². The fourth-order valence-electron chi connectivity index (χ4n) is 3.25. The lowest BCUT2D eigenvalue weighted by atomic mass is 9.96. The topological polar surface area (TPSA) is 73.6 Å². The first-order valence-corrected chi connectivity index (χ1v) is 8.13. The van der Waals surface area contributed by atoms with Crippen molar-refractivity contribution in [2.45, 2.75) is 50.9 Å². The largest absolute Gasteiger partial charge is 0.493 e. The molecule has 5 heteroatoms. The second-order valence-electron chi connectivity index (χ2n) is 5.95. The molecule has 0 bridgehead atoms. The number of amides is 1. The van der Waals surface area contributed by atoms with Gasteiger partial charge < -0.3 is 20.5 Å². The molecule has 1 aromatic rings. The third-order valence-corrected chi connectivity index (χ3v) is 4.52. The molecule has 1 aromatic carbocycles. The number of benzene rings is 1. The van der Waals surface area contributed by atoms with Crippen molar-refractivity contribution in [3.05, 3.63) is 29.3 Å². The average Bonchev–Trinajstić information content (AvgIpc) is 3.04. The van der Waals surface area contributed by atoms with Crippen molar-refractivity contribution in [2.24, 2.45) is 5.73 Å². The monoisotopic (exact) mass is 304 g/mol. The number of rotatable bonds is 4. The van der Waals surface area contributed by atoms with Crippen LogP contribution in [0.15, 0.2) is 18.2 Å². The van der Waals surface area contributed by atoms with Gasteiger partial charge in [-0.25, -0.2) is 0 Å². The van der Waals surface area contributed by atoms with Crippen LogP contribution in [0, 0.1) is 0 Å². The highest BCUT2D eigenvalue weighted by Gasteiger charge is 2.32. The first-order valence-electron chi connectivity index (χ1n) is 8.13. The Balaban J connectivity index is 1.71. The van der Waals surface area contributed by atoms with Gasteiger partial charge in [-0.05, 0) is 24.8 Å². The maximum absolute atomic E-state index is 12.4. The third-order valence-electron chi connectivity index (χ3n) is 4.52. The number of ether oxygens (including phenoxy) is 2. The second-order valence-corrected chi connectivity index (χ2v) is 5.95. The van der Waals surface area contributed by atoms with Gasteiger partial charge in [0.1, 0.15) is 11.9 Å². The van der Waals surface area contributed by atoms with Crippen molar-refractivity contribution in [2.75, 3.05) is 13.2 Å². The molecule has 0 saturated carbocycles. The summed E-state index contributed by atoms with van der Waals surface area (Å²) < 4.78 is 11.5. The fourth-order valence-corrected chi connectivity index (χ4v) is 3.25. The van der Waals surface area contributed by atoms with Crippen molar-refractivity contribution in [1.29, 1.82) is 0 Å². The molecule has 1 amide bonds. The highest BCUT2D eigenvalue weighted by atomic mass is 16.5. The number of nitrogens with one attached hydrogen (secondary N) is 1. The van der Waals surface area contributed by atoms with Crippen LogP contribution in [0.25, 0.3) is 0 Å². The smallest absolute Gasteiger partial charge is 0.249 e. The lowest BCUT2D eigenvalue weighted by Crippen LogP contribution is -2.39. The second kappa shape index (κ2) is 6.67. The van der Waals surface area contributed by atoms with Gasteiger partial charge in [-0.1, -0.05) is 25.1 Å². The van der Waals surface area contributed by atoms with Crippen LogP contribution in [0.5, 0.6) is 5.75 Å². The van der Waals surface area contributed by atoms with Crippen molar-refractivity contribution in [3.8, 4) is 5.75 Å². The van der Waals surface area contributed by atoms with Crippen LogP contribution < -0.4 is 15.8 Å². The van der Waals surface area contributed by atoms with Gasteiger partial charge in [0.15, 0.2) is 0 Å². The fraction of sp³-hybridized carbons (Fsp3) is 0.588. The third kappa shape index (κ3) is 2.96. The molecule has 1 fully saturated rings. The first kappa shape index (κ1) is 15.3. The predicted octanol–water partition coefficient (Wildman–Crippen LogP) is 1.70. The molecule has 0 spiro atoms. The zero-order valence-corrected chi connectivity index (χ0v) is 13.0. The Labute approximate surface area is 131 Å². The van der Waals surface area contributed by atoms with Gasteiger partial charge in [-0.3, -0.25) is 4.79 Å². The average molecular weight is 304 g/mol. The summed E-state index contributed by atoms with van der Waals surface area (Å²) in [4.78, 5) is 12.4. The number of carbonyl (C=O) groups excluding carboxylic acids is 1. The highest BCUT2D eigenvalue weighted by Crippen LogP contribution is 2.35. The van der Waals surface area contributed by atoms with Gasteiger partial charge in [-0.2, -0.15) is 0 Å². The molecule has 22 heavy (non-hydrogen) atoms. The van der Waals surface area contributed by atoms with Crippen LogP contribution >= 0.6 is 0 Å². The molecular formula is C17H24N2O3. The number of nitrogens with two attached hydrogens (primary N) is 1. The molecule has 0 aliphatic carbocycles. The Morgan fingerprint density at radius 3 is 2.95 bits per heavy atom. The van der Waals surface area contributed by atoms with Crippen molar-refractivity contribution < 1.29 is 14.3 Å². The summed E-state index contributed by atoms with van der Waals surface area (Å²) in [5.41, 5.74) is 7.87. The van der Waals surface area contributed by atoms with Crippen molar-refractivity contribution in [3.63, 3.8) is 0 Å². The molecule has 3 N–H and O–H groups in total. The Morgan fingerprint density at radius 2 is 2.23 bits per heavy atom. The molecule has 2 heterocycles. The van der Waals surface area contributed by atoms with E-state index in [2.05, 4.69) is 18.3 Å². The van der Waals surface area contributed by atoms with E-state index in [0.717, 1.165) is 37.0 Å². The number of hydrogen-bond acceptors (Lipinski definition) is 4. The van der Waals surface area contributed by atoms with Crippen LogP contribution in [-0.2, 0) is 16.0 Å². The Morgan fingerprint density at radius 1 is 1.36 bits per heavy atom. The van der Waals surface area contributed by atoms with E-state index in [9.17, 15) is 4.79 Å². The lowest BCUT2D eigenvalue weighted by molar-refractivity contribution is -0.132. The molecule has 3 atom stereocenters. The van der Waals surface area contributed by atoms with Crippen LogP contribution in [0.3, 0.4) is 0 Å². The van der Waals surface area contributed by atoms with E-state index in [1.807, 2.05) is 12.1 Å². The molecular weight excluding hydrogens is 280 g/mol. The summed E-state index contributed by atoms with van der Waals surface area (Å²) in [5, 5.41) is 3.13. The van der Waals surface area contributed by atoms with Gasteiger partial charge in [0.2, 0.25) is 5.91 Å². The summed E-state index contributed by atoms with van der Waals surface area (Å²) in [5.74, 6) is 0.907. The predicted molar refractivity (Wildman–Crippen MR) is 83.8 cm³/mol. The van der Waals surface area contributed by atoms with E-state index in [1.165, 1.54) is 5.56 Å². The van der Waals surface area contributed by atoms with E-state index in [0.29, 0.717) is 13.2 Å². The SMILES string of the molecule is CCc1cccc2c1OCCC2NC(=O)[C@@H]1CC[C@H](CN)O1. The molecule has 1 unspecified atom stereocenters. The summed E-state index contributed by atoms with van der Waals surface area (Å²) in [6.07, 6.45) is 2.98. The molecule has 2 aliphatic heterocycles. The number of hydrogen-bond donors (Lipinski definition) is 2. The Bertz CT molecular complexity index is 547. The zero-order chi connectivity index (χ0) is 15.5. The maximum atomic E-state index is 12.4. The first-order chi connectivity index (χ1) is 10.7. The highest BCUT2D eigenvalue weighted by molar-refractivity contribution is 5.81. The minimum absolute atomic E-state index is 0.00303. The van der Waals surface area contributed by atoms with Crippen LogP contribution in [0.1, 0.15) is 43.4 Å². The maximum Gasteiger partial charge on any atom is 0.249 e. The van der Waals surface area contributed by atoms with E-state index < -0.39 is 0 Å². The number of fused-ring (bicyclic) bond motifs is 1. The molecule has 5 nitrogen and oxygen atoms in total. The number of aryl methyl sites for hydroxylation is 1. The van der Waals surface area contributed by atoms with Crippen LogP contribution in [0.4, 0.5) is 0 Å². The van der Waals surface area contributed by atoms with Gasteiger partial charge in [0.05, 0.1) is 18.8 Å². The zero-order valence-electron chi connectivity index (χ0n) is 13.0. The summed E-state index contributed by atoms with van der Waals surface area (Å²) in [7, 11) is 0. The van der Waals surface area contributed by atoms with Gasteiger partial charge in [-0.15, -0.1) is 0 Å². The van der Waals surface area contributed by atoms with E-state index in [-0.39, 0.29) is 24.2 Å². The Hall–Kier alpha value is -1.59. The van der Waals surface area contributed by atoms with Gasteiger partial charge >= 0.3 is 0 Å². The molecule has 120 valence electrons. The molecule has 0 aromatic heterocycles.